The smallest absolute Gasteiger partial charge is 0.120 e. The molecule has 0 radical (unpaired) electrons. The molecule has 2 rings (SSSR count). The van der Waals surface area contributed by atoms with E-state index in [0.717, 1.165) is 15.8 Å². The minimum Gasteiger partial charge on any atom is -0.508 e. The fourth-order valence-electron chi connectivity index (χ4n) is 1.32. The average molecular weight is 279 g/mol. The molecule has 82 valence electrons. The highest BCUT2D eigenvalue weighted by Gasteiger charge is 1.97. The summed E-state index contributed by atoms with van der Waals surface area (Å²) < 4.78 is 6.60. The molecular formula is C13H11BrO2. The van der Waals surface area contributed by atoms with Gasteiger partial charge in [0.15, 0.2) is 0 Å². The number of hydrogen-bond donors (Lipinski definition) is 1. The highest BCUT2D eigenvalue weighted by molar-refractivity contribution is 9.10. The first-order valence-corrected chi connectivity index (χ1v) is 5.69. The Morgan fingerprint density at radius 2 is 1.81 bits per heavy atom. The summed E-state index contributed by atoms with van der Waals surface area (Å²) in [5, 5.41) is 9.13. The molecule has 0 atom stereocenters. The molecule has 2 nitrogen and oxygen atoms in total. The van der Waals surface area contributed by atoms with Gasteiger partial charge in [-0.25, -0.2) is 0 Å². The van der Waals surface area contributed by atoms with E-state index in [4.69, 9.17) is 9.84 Å². The summed E-state index contributed by atoms with van der Waals surface area (Å²) in [6, 6.07) is 14.7. The van der Waals surface area contributed by atoms with E-state index in [2.05, 4.69) is 15.9 Å². The summed E-state index contributed by atoms with van der Waals surface area (Å²) in [6.45, 7) is 0.497. The van der Waals surface area contributed by atoms with E-state index in [1.165, 1.54) is 0 Å². The maximum atomic E-state index is 9.13. The monoisotopic (exact) mass is 278 g/mol. The van der Waals surface area contributed by atoms with E-state index in [0.29, 0.717) is 6.61 Å². The van der Waals surface area contributed by atoms with Gasteiger partial charge in [-0.05, 0) is 35.9 Å². The maximum absolute atomic E-state index is 9.13. The first-order valence-electron chi connectivity index (χ1n) is 4.90. The number of benzene rings is 2. The molecule has 0 spiro atoms. The van der Waals surface area contributed by atoms with E-state index < -0.39 is 0 Å². The van der Waals surface area contributed by atoms with Crippen LogP contribution in [0.2, 0.25) is 0 Å². The molecule has 2 aromatic rings. The lowest BCUT2D eigenvalue weighted by Gasteiger charge is -2.06. The lowest BCUT2D eigenvalue weighted by Crippen LogP contribution is -1.94. The second kappa shape index (κ2) is 5.03. The summed E-state index contributed by atoms with van der Waals surface area (Å²) in [7, 11) is 0. The second-order valence-corrected chi connectivity index (χ2v) is 4.33. The second-order valence-electron chi connectivity index (χ2n) is 3.41. The van der Waals surface area contributed by atoms with Crippen molar-refractivity contribution in [2.75, 3.05) is 0 Å². The SMILES string of the molecule is Oc1ccc(COc2cccc(Br)c2)cc1. The van der Waals surface area contributed by atoms with E-state index in [9.17, 15) is 0 Å². The average Bonchev–Trinajstić information content (AvgIpc) is 2.28. The molecule has 1 N–H and O–H groups in total. The molecule has 0 aromatic heterocycles. The summed E-state index contributed by atoms with van der Waals surface area (Å²) in [6.07, 6.45) is 0. The van der Waals surface area contributed by atoms with Gasteiger partial charge in [0.1, 0.15) is 18.1 Å². The van der Waals surface area contributed by atoms with Crippen molar-refractivity contribution < 1.29 is 9.84 Å². The normalized spacial score (nSPS) is 10.1. The zero-order valence-electron chi connectivity index (χ0n) is 8.56. The van der Waals surface area contributed by atoms with Crippen LogP contribution in [-0.2, 0) is 6.61 Å². The standard InChI is InChI=1S/C13H11BrO2/c14-11-2-1-3-13(8-11)16-9-10-4-6-12(15)7-5-10/h1-8,15H,9H2. The molecule has 0 fully saturated rings. The van der Waals surface area contributed by atoms with Crippen molar-refractivity contribution in [2.24, 2.45) is 0 Å². The Morgan fingerprint density at radius 1 is 1.06 bits per heavy atom. The van der Waals surface area contributed by atoms with Gasteiger partial charge in [-0.2, -0.15) is 0 Å². The van der Waals surface area contributed by atoms with Gasteiger partial charge in [-0.3, -0.25) is 0 Å². The molecule has 0 aliphatic heterocycles. The Morgan fingerprint density at radius 3 is 2.50 bits per heavy atom. The van der Waals surface area contributed by atoms with Crippen LogP contribution >= 0.6 is 15.9 Å². The molecule has 2 aromatic carbocycles. The first kappa shape index (κ1) is 11.0. The highest BCUT2D eigenvalue weighted by Crippen LogP contribution is 2.19. The van der Waals surface area contributed by atoms with Crippen molar-refractivity contribution in [3.8, 4) is 11.5 Å². The number of halogens is 1. The van der Waals surface area contributed by atoms with Gasteiger partial charge in [0.2, 0.25) is 0 Å². The summed E-state index contributed by atoms with van der Waals surface area (Å²) in [4.78, 5) is 0. The van der Waals surface area contributed by atoms with Crippen LogP contribution in [0.15, 0.2) is 53.0 Å². The van der Waals surface area contributed by atoms with Gasteiger partial charge in [0.25, 0.3) is 0 Å². The zero-order valence-corrected chi connectivity index (χ0v) is 10.1. The molecule has 16 heavy (non-hydrogen) atoms. The lowest BCUT2D eigenvalue weighted by molar-refractivity contribution is 0.306. The molecule has 0 saturated heterocycles. The van der Waals surface area contributed by atoms with Crippen molar-refractivity contribution in [1.29, 1.82) is 0 Å². The Hall–Kier alpha value is -1.48. The van der Waals surface area contributed by atoms with Crippen molar-refractivity contribution >= 4 is 15.9 Å². The van der Waals surface area contributed by atoms with Crippen molar-refractivity contribution in [3.63, 3.8) is 0 Å². The van der Waals surface area contributed by atoms with E-state index in [1.807, 2.05) is 36.4 Å². The van der Waals surface area contributed by atoms with Crippen molar-refractivity contribution in [1.82, 2.24) is 0 Å². The van der Waals surface area contributed by atoms with Crippen LogP contribution in [0.3, 0.4) is 0 Å². The third-order valence-electron chi connectivity index (χ3n) is 2.14. The third kappa shape index (κ3) is 3.00. The number of phenolic OH excluding ortho intramolecular Hbond substituents is 1. The van der Waals surface area contributed by atoms with Crippen molar-refractivity contribution in [3.05, 3.63) is 58.6 Å². The lowest BCUT2D eigenvalue weighted by atomic mass is 10.2. The molecule has 0 bridgehead atoms. The molecule has 0 aliphatic rings. The minimum absolute atomic E-state index is 0.270. The Kier molecular flexibility index (Phi) is 3.47. The van der Waals surface area contributed by atoms with Crippen LogP contribution in [0.1, 0.15) is 5.56 Å². The van der Waals surface area contributed by atoms with E-state index in [1.54, 1.807) is 12.1 Å². The molecular weight excluding hydrogens is 268 g/mol. The molecule has 0 heterocycles. The predicted molar refractivity (Wildman–Crippen MR) is 66.6 cm³/mol. The predicted octanol–water partition coefficient (Wildman–Crippen LogP) is 3.73. The Bertz CT molecular complexity index is 466. The molecule has 0 unspecified atom stereocenters. The van der Waals surface area contributed by atoms with Gasteiger partial charge in [-0.1, -0.05) is 34.1 Å². The Balaban J connectivity index is 1.99. The zero-order chi connectivity index (χ0) is 11.4. The fraction of sp³-hybridized carbons (Fsp3) is 0.0769. The number of rotatable bonds is 3. The number of phenols is 1. The van der Waals surface area contributed by atoms with Gasteiger partial charge in [-0.15, -0.1) is 0 Å². The third-order valence-corrected chi connectivity index (χ3v) is 2.63. The van der Waals surface area contributed by atoms with Crippen LogP contribution < -0.4 is 4.74 Å². The Labute approximate surface area is 103 Å². The van der Waals surface area contributed by atoms with E-state index >= 15 is 0 Å². The van der Waals surface area contributed by atoms with Gasteiger partial charge in [0.05, 0.1) is 0 Å². The first-order chi connectivity index (χ1) is 7.74. The quantitative estimate of drug-likeness (QED) is 0.927. The van der Waals surface area contributed by atoms with Crippen LogP contribution in [0.25, 0.3) is 0 Å². The highest BCUT2D eigenvalue weighted by atomic mass is 79.9. The summed E-state index contributed by atoms with van der Waals surface area (Å²) >= 11 is 3.38. The topological polar surface area (TPSA) is 29.5 Å². The summed E-state index contributed by atoms with van der Waals surface area (Å²) in [5.41, 5.74) is 1.03. The van der Waals surface area contributed by atoms with Gasteiger partial charge >= 0.3 is 0 Å². The van der Waals surface area contributed by atoms with Crippen LogP contribution in [0.4, 0.5) is 0 Å². The maximum Gasteiger partial charge on any atom is 0.120 e. The number of aromatic hydroxyl groups is 1. The molecule has 0 aliphatic carbocycles. The van der Waals surface area contributed by atoms with Crippen LogP contribution in [-0.4, -0.2) is 5.11 Å². The molecule has 0 saturated carbocycles. The number of ether oxygens (including phenoxy) is 1. The van der Waals surface area contributed by atoms with E-state index in [-0.39, 0.29) is 5.75 Å². The largest absolute Gasteiger partial charge is 0.508 e. The van der Waals surface area contributed by atoms with Gasteiger partial charge in [0, 0.05) is 4.47 Å². The van der Waals surface area contributed by atoms with Crippen molar-refractivity contribution in [2.45, 2.75) is 6.61 Å². The molecule has 3 heteroatoms. The van der Waals surface area contributed by atoms with Gasteiger partial charge < -0.3 is 9.84 Å². The van der Waals surface area contributed by atoms with Crippen LogP contribution in [0, 0.1) is 0 Å². The summed E-state index contributed by atoms with van der Waals surface area (Å²) in [5.74, 6) is 1.09. The minimum atomic E-state index is 0.270. The molecule has 0 amide bonds. The number of hydrogen-bond acceptors (Lipinski definition) is 2. The van der Waals surface area contributed by atoms with Crippen LogP contribution in [0.5, 0.6) is 11.5 Å². The fourth-order valence-corrected chi connectivity index (χ4v) is 1.69.